The van der Waals surface area contributed by atoms with Crippen LogP contribution in [0.1, 0.15) is 97.9 Å². The number of hydrogen-bond acceptors (Lipinski definition) is 7. The fourth-order valence-electron chi connectivity index (χ4n) is 5.57. The summed E-state index contributed by atoms with van der Waals surface area (Å²) in [6, 6.07) is 17.4. The SMILES string of the molecule is CCCCCCCOc1ccc(C(=O)Oc2ccc(CC(NC(=O)c3ccc(NC(=O)NC4CCCC4)cc3)C(C)=O)cc2OC)cc1. The summed E-state index contributed by atoms with van der Waals surface area (Å²) in [5, 5.41) is 8.56. The third-order valence-electron chi connectivity index (χ3n) is 8.37. The van der Waals surface area contributed by atoms with Crippen LogP contribution in [0, 0.1) is 0 Å². The first-order chi connectivity index (χ1) is 23.2. The summed E-state index contributed by atoms with van der Waals surface area (Å²) in [7, 11) is 1.46. The van der Waals surface area contributed by atoms with Crippen LogP contribution in [-0.4, -0.2) is 49.5 Å². The standard InChI is InChI=1S/C38H47N3O7/c1-4-5-6-7-10-23-47-32-20-16-29(17-21-32)37(44)48-34-22-13-27(25-35(34)46-3)24-33(26(2)42)41-36(43)28-14-18-31(19-15-28)40-38(45)39-30-11-8-9-12-30/h13-22,25,30,33H,4-12,23-24H2,1-3H3,(H,41,43)(H2,39,40,45). The summed E-state index contributed by atoms with van der Waals surface area (Å²) in [6.45, 7) is 4.24. The zero-order valence-corrected chi connectivity index (χ0v) is 28.1. The van der Waals surface area contributed by atoms with Crippen LogP contribution in [0.5, 0.6) is 17.2 Å². The van der Waals surface area contributed by atoms with E-state index >= 15 is 0 Å². The molecule has 1 saturated carbocycles. The molecule has 0 heterocycles. The number of Topliss-reactive ketones (excluding diaryl/α,β-unsaturated/α-hetero) is 1. The van der Waals surface area contributed by atoms with Gasteiger partial charge in [0.2, 0.25) is 0 Å². The van der Waals surface area contributed by atoms with Crippen molar-refractivity contribution < 1.29 is 33.4 Å². The highest BCUT2D eigenvalue weighted by Crippen LogP contribution is 2.30. The number of benzene rings is 3. The lowest BCUT2D eigenvalue weighted by atomic mass is 10.0. The molecule has 48 heavy (non-hydrogen) atoms. The first kappa shape index (κ1) is 36.0. The molecule has 1 fully saturated rings. The van der Waals surface area contributed by atoms with E-state index in [0.717, 1.165) is 38.5 Å². The van der Waals surface area contributed by atoms with Crippen LogP contribution in [0.25, 0.3) is 0 Å². The molecule has 10 nitrogen and oxygen atoms in total. The van der Waals surface area contributed by atoms with Gasteiger partial charge >= 0.3 is 12.0 Å². The number of methoxy groups -OCH3 is 1. The van der Waals surface area contributed by atoms with Crippen LogP contribution in [0.15, 0.2) is 66.7 Å². The van der Waals surface area contributed by atoms with E-state index in [0.29, 0.717) is 40.5 Å². The fraction of sp³-hybridized carbons (Fsp3) is 0.421. The third-order valence-corrected chi connectivity index (χ3v) is 8.37. The van der Waals surface area contributed by atoms with Crippen LogP contribution in [0.2, 0.25) is 0 Å². The van der Waals surface area contributed by atoms with E-state index in [4.69, 9.17) is 14.2 Å². The van der Waals surface area contributed by atoms with E-state index in [-0.39, 0.29) is 30.0 Å². The van der Waals surface area contributed by atoms with Crippen molar-refractivity contribution in [3.63, 3.8) is 0 Å². The number of anilines is 1. The molecule has 256 valence electrons. The van der Waals surface area contributed by atoms with Crippen LogP contribution >= 0.6 is 0 Å². The number of ether oxygens (including phenoxy) is 3. The van der Waals surface area contributed by atoms with Gasteiger partial charge in [-0.15, -0.1) is 0 Å². The number of amides is 3. The van der Waals surface area contributed by atoms with E-state index in [1.54, 1.807) is 66.7 Å². The number of ketones is 1. The quantitative estimate of drug-likeness (QED) is 0.0791. The second-order valence-corrected chi connectivity index (χ2v) is 12.2. The fourth-order valence-corrected chi connectivity index (χ4v) is 5.57. The maximum absolute atomic E-state index is 13.0. The third kappa shape index (κ3) is 11.1. The van der Waals surface area contributed by atoms with Crippen molar-refractivity contribution in [2.75, 3.05) is 19.0 Å². The molecule has 3 aromatic carbocycles. The summed E-state index contributed by atoms with van der Waals surface area (Å²) < 4.78 is 16.9. The van der Waals surface area contributed by atoms with Crippen molar-refractivity contribution in [3.05, 3.63) is 83.4 Å². The number of unbranched alkanes of at least 4 members (excludes halogenated alkanes) is 4. The summed E-state index contributed by atoms with van der Waals surface area (Å²) >= 11 is 0. The minimum absolute atomic E-state index is 0.197. The van der Waals surface area contributed by atoms with Crippen molar-refractivity contribution in [2.45, 2.75) is 90.1 Å². The lowest BCUT2D eigenvalue weighted by Crippen LogP contribution is -2.41. The molecular weight excluding hydrogens is 610 g/mol. The van der Waals surface area contributed by atoms with Gasteiger partial charge in [-0.1, -0.05) is 51.5 Å². The van der Waals surface area contributed by atoms with Crippen molar-refractivity contribution in [1.82, 2.24) is 10.6 Å². The average Bonchev–Trinajstić information content (AvgIpc) is 3.60. The molecule has 0 radical (unpaired) electrons. The van der Waals surface area contributed by atoms with Gasteiger partial charge in [0.25, 0.3) is 5.91 Å². The number of carbonyl (C=O) groups is 4. The molecule has 1 aliphatic rings. The molecule has 0 bridgehead atoms. The van der Waals surface area contributed by atoms with Gasteiger partial charge in [-0.2, -0.15) is 0 Å². The second-order valence-electron chi connectivity index (χ2n) is 12.2. The van der Waals surface area contributed by atoms with Crippen molar-refractivity contribution in [3.8, 4) is 17.2 Å². The van der Waals surface area contributed by atoms with Crippen molar-refractivity contribution >= 4 is 29.4 Å². The largest absolute Gasteiger partial charge is 0.494 e. The predicted molar refractivity (Wildman–Crippen MR) is 185 cm³/mol. The number of hydrogen-bond donors (Lipinski definition) is 3. The Bertz CT molecular complexity index is 1520. The second kappa shape index (κ2) is 18.5. The van der Waals surface area contributed by atoms with Crippen LogP contribution < -0.4 is 30.2 Å². The molecule has 1 atom stereocenters. The Labute approximate surface area is 282 Å². The van der Waals surface area contributed by atoms with E-state index in [1.165, 1.54) is 33.3 Å². The monoisotopic (exact) mass is 657 g/mol. The highest BCUT2D eigenvalue weighted by atomic mass is 16.6. The molecule has 0 aliphatic heterocycles. The van der Waals surface area contributed by atoms with E-state index < -0.39 is 17.9 Å². The van der Waals surface area contributed by atoms with Gasteiger partial charge in [-0.05, 0) is 98.8 Å². The van der Waals surface area contributed by atoms with E-state index in [1.807, 2.05) is 0 Å². The molecular formula is C38H47N3O7. The topological polar surface area (TPSA) is 132 Å². The highest BCUT2D eigenvalue weighted by Gasteiger charge is 2.21. The van der Waals surface area contributed by atoms with Gasteiger partial charge < -0.3 is 30.2 Å². The van der Waals surface area contributed by atoms with Crippen LogP contribution in [0.4, 0.5) is 10.5 Å². The Kier molecular flexibility index (Phi) is 13.8. The molecule has 0 saturated heterocycles. The molecule has 10 heteroatoms. The van der Waals surface area contributed by atoms with Gasteiger partial charge in [0.15, 0.2) is 17.3 Å². The molecule has 1 unspecified atom stereocenters. The molecule has 3 aromatic rings. The van der Waals surface area contributed by atoms with Crippen molar-refractivity contribution in [2.24, 2.45) is 0 Å². The van der Waals surface area contributed by atoms with Crippen LogP contribution in [-0.2, 0) is 11.2 Å². The summed E-state index contributed by atoms with van der Waals surface area (Å²) in [5.74, 6) is 0.0625. The lowest BCUT2D eigenvalue weighted by molar-refractivity contribution is -0.118. The average molecular weight is 658 g/mol. The van der Waals surface area contributed by atoms with Gasteiger partial charge in [0.05, 0.1) is 25.3 Å². The zero-order valence-electron chi connectivity index (χ0n) is 28.1. The predicted octanol–water partition coefficient (Wildman–Crippen LogP) is 7.26. The highest BCUT2D eigenvalue weighted by molar-refractivity contribution is 5.98. The van der Waals surface area contributed by atoms with E-state index in [9.17, 15) is 19.2 Å². The smallest absolute Gasteiger partial charge is 0.343 e. The maximum atomic E-state index is 13.0. The molecule has 0 spiro atoms. The van der Waals surface area contributed by atoms with Gasteiger partial charge in [0, 0.05) is 17.3 Å². The number of nitrogens with one attached hydrogen (secondary N) is 3. The normalized spacial score (nSPS) is 13.3. The van der Waals surface area contributed by atoms with Gasteiger partial charge in [-0.25, -0.2) is 9.59 Å². The molecule has 1 aliphatic carbocycles. The zero-order chi connectivity index (χ0) is 34.3. The summed E-state index contributed by atoms with van der Waals surface area (Å²) in [6.07, 6.45) is 10.2. The Balaban J connectivity index is 1.30. The number of esters is 1. The molecule has 3 N–H and O–H groups in total. The summed E-state index contributed by atoms with van der Waals surface area (Å²) in [4.78, 5) is 50.7. The molecule has 0 aromatic heterocycles. The molecule has 4 rings (SSSR count). The van der Waals surface area contributed by atoms with Gasteiger partial charge in [0.1, 0.15) is 5.75 Å². The first-order valence-electron chi connectivity index (χ1n) is 16.9. The number of carbonyl (C=O) groups excluding carboxylic acids is 4. The number of urea groups is 1. The van der Waals surface area contributed by atoms with Crippen molar-refractivity contribution in [1.29, 1.82) is 0 Å². The lowest BCUT2D eigenvalue weighted by Gasteiger charge is -2.18. The first-order valence-corrected chi connectivity index (χ1v) is 16.9. The van der Waals surface area contributed by atoms with E-state index in [2.05, 4.69) is 22.9 Å². The maximum Gasteiger partial charge on any atom is 0.343 e. The number of rotatable bonds is 17. The Morgan fingerprint density at radius 3 is 2.19 bits per heavy atom. The minimum atomic E-state index is -0.803. The Morgan fingerprint density at radius 2 is 1.52 bits per heavy atom. The summed E-state index contributed by atoms with van der Waals surface area (Å²) in [5.41, 5.74) is 1.99. The molecule has 3 amide bonds. The van der Waals surface area contributed by atoms with Crippen LogP contribution in [0.3, 0.4) is 0 Å². The Hall–Kier alpha value is -4.86. The minimum Gasteiger partial charge on any atom is -0.494 e. The van der Waals surface area contributed by atoms with Gasteiger partial charge in [-0.3, -0.25) is 9.59 Å². The Morgan fingerprint density at radius 1 is 0.833 bits per heavy atom.